The van der Waals surface area contributed by atoms with Gasteiger partial charge >= 0.3 is 6.18 Å². The highest BCUT2D eigenvalue weighted by molar-refractivity contribution is 6.48. The summed E-state index contributed by atoms with van der Waals surface area (Å²) in [7, 11) is -1.25. The molecule has 0 amide bonds. The van der Waals surface area contributed by atoms with Crippen molar-refractivity contribution in [3.63, 3.8) is 0 Å². The largest absolute Gasteiger partial charge is 0.416 e. The minimum atomic E-state index is -4.36. The second-order valence-electron chi connectivity index (χ2n) is 7.02. The first kappa shape index (κ1) is 18.7. The summed E-state index contributed by atoms with van der Waals surface area (Å²) < 4.78 is 49.5. The van der Waals surface area contributed by atoms with Crippen molar-refractivity contribution in [3.05, 3.63) is 41.1 Å². The average Bonchev–Trinajstić information content (AvgIpc) is 2.88. The van der Waals surface area contributed by atoms with E-state index in [0.29, 0.717) is 17.9 Å². The second-order valence-corrected chi connectivity index (χ2v) is 9.45. The zero-order valence-electron chi connectivity index (χ0n) is 14.5. The van der Waals surface area contributed by atoms with Gasteiger partial charge in [-0.25, -0.2) is 0 Å². The van der Waals surface area contributed by atoms with E-state index in [1.807, 2.05) is 20.8 Å². The number of aromatic nitrogens is 1. The van der Waals surface area contributed by atoms with Gasteiger partial charge in [0.2, 0.25) is 0 Å². The summed E-state index contributed by atoms with van der Waals surface area (Å²) in [5, 5.41) is 4.15. The molecule has 0 aliphatic rings. The summed E-state index contributed by atoms with van der Waals surface area (Å²) in [6, 6.07) is 4.92. The van der Waals surface area contributed by atoms with Gasteiger partial charge in [-0.1, -0.05) is 38.1 Å². The maximum Gasteiger partial charge on any atom is 0.416 e. The van der Waals surface area contributed by atoms with Crippen LogP contribution in [0.15, 0.2) is 28.8 Å². The highest BCUT2D eigenvalue weighted by atomic mass is 28.3. The van der Waals surface area contributed by atoms with E-state index in [4.69, 9.17) is 8.95 Å². The molecule has 0 radical (unpaired) electrons. The Morgan fingerprint density at radius 1 is 1.08 bits per heavy atom. The van der Waals surface area contributed by atoms with E-state index in [0.717, 1.165) is 23.4 Å². The molecule has 7 heteroatoms. The lowest BCUT2D eigenvalue weighted by Gasteiger charge is -2.17. The third-order valence-corrected chi connectivity index (χ3v) is 4.37. The van der Waals surface area contributed by atoms with Gasteiger partial charge in [0.1, 0.15) is 0 Å². The summed E-state index contributed by atoms with van der Waals surface area (Å²) in [6.45, 7) is 10.5. The van der Waals surface area contributed by atoms with Gasteiger partial charge in [0.05, 0.1) is 17.9 Å². The molecular formula is C17H22F3NO2Si. The molecule has 1 aromatic heterocycles. The van der Waals surface area contributed by atoms with E-state index in [1.54, 1.807) is 0 Å². The van der Waals surface area contributed by atoms with Gasteiger partial charge in [0, 0.05) is 16.5 Å². The fraction of sp³-hybridized carbons (Fsp3) is 0.471. The lowest BCUT2D eigenvalue weighted by Crippen LogP contribution is -2.16. The first-order chi connectivity index (χ1) is 11.0. The second kappa shape index (κ2) is 6.72. The molecule has 0 fully saturated rings. The molecule has 0 aliphatic heterocycles. The van der Waals surface area contributed by atoms with E-state index in [1.165, 1.54) is 12.1 Å². The van der Waals surface area contributed by atoms with Crippen LogP contribution in [0.5, 0.6) is 0 Å². The van der Waals surface area contributed by atoms with Gasteiger partial charge in [-0.2, -0.15) is 13.2 Å². The van der Waals surface area contributed by atoms with Crippen LogP contribution in [-0.4, -0.2) is 14.2 Å². The van der Waals surface area contributed by atoms with Gasteiger partial charge in [0.25, 0.3) is 0 Å². The van der Waals surface area contributed by atoms with Crippen molar-refractivity contribution >= 4 is 9.04 Å². The molecule has 0 aliphatic carbocycles. The van der Waals surface area contributed by atoms with Gasteiger partial charge in [-0.15, -0.1) is 0 Å². The van der Waals surface area contributed by atoms with Crippen LogP contribution >= 0.6 is 0 Å². The SMILES string of the molecule is C[SiH](C)OCc1c(C(C)(C)C)noc1-c1ccc(C(F)(F)F)cc1. The number of benzene rings is 1. The highest BCUT2D eigenvalue weighted by Crippen LogP contribution is 2.35. The third kappa shape index (κ3) is 4.27. The van der Waals surface area contributed by atoms with Crippen LogP contribution in [0.1, 0.15) is 37.6 Å². The van der Waals surface area contributed by atoms with Gasteiger partial charge < -0.3 is 8.95 Å². The predicted molar refractivity (Wildman–Crippen MR) is 89.3 cm³/mol. The van der Waals surface area contributed by atoms with Crippen LogP contribution < -0.4 is 0 Å². The summed E-state index contributed by atoms with van der Waals surface area (Å²) >= 11 is 0. The van der Waals surface area contributed by atoms with Crippen molar-refractivity contribution in [2.24, 2.45) is 0 Å². The summed E-state index contributed by atoms with van der Waals surface area (Å²) in [4.78, 5) is 0. The van der Waals surface area contributed by atoms with Crippen molar-refractivity contribution in [2.45, 2.75) is 52.1 Å². The van der Waals surface area contributed by atoms with Crippen LogP contribution in [0.25, 0.3) is 11.3 Å². The van der Waals surface area contributed by atoms with Crippen LogP contribution in [0.2, 0.25) is 13.1 Å². The lowest BCUT2D eigenvalue weighted by molar-refractivity contribution is -0.137. The van der Waals surface area contributed by atoms with Crippen LogP contribution in [0.3, 0.4) is 0 Å². The van der Waals surface area contributed by atoms with Crippen LogP contribution in [-0.2, 0) is 22.6 Å². The Labute approximate surface area is 141 Å². The molecule has 0 saturated heterocycles. The lowest BCUT2D eigenvalue weighted by atomic mass is 9.88. The van der Waals surface area contributed by atoms with Gasteiger partial charge in [-0.05, 0) is 25.2 Å². The number of hydrogen-bond donors (Lipinski definition) is 0. The molecule has 2 aromatic rings. The molecule has 2 rings (SSSR count). The minimum absolute atomic E-state index is 0.245. The molecule has 0 N–H and O–H groups in total. The number of nitrogens with zero attached hydrogens (tertiary/aromatic N) is 1. The van der Waals surface area contributed by atoms with Crippen molar-refractivity contribution in [1.29, 1.82) is 0 Å². The first-order valence-corrected chi connectivity index (χ1v) is 10.6. The van der Waals surface area contributed by atoms with E-state index in [2.05, 4.69) is 18.3 Å². The standard InChI is InChI=1S/C17H22F3NO2Si/c1-16(2,3)15-13(10-22-24(4)5)14(23-21-15)11-6-8-12(9-7-11)17(18,19)20/h6-9,24H,10H2,1-5H3. The Hall–Kier alpha value is -1.60. The molecule has 0 unspecified atom stereocenters. The highest BCUT2D eigenvalue weighted by Gasteiger charge is 2.31. The minimum Gasteiger partial charge on any atom is -0.416 e. The van der Waals surface area contributed by atoms with Crippen molar-refractivity contribution < 1.29 is 22.1 Å². The average molecular weight is 357 g/mol. The fourth-order valence-electron chi connectivity index (χ4n) is 2.32. The van der Waals surface area contributed by atoms with Gasteiger partial charge in [0.15, 0.2) is 14.8 Å². The molecule has 1 aromatic carbocycles. The van der Waals surface area contributed by atoms with Crippen LogP contribution in [0, 0.1) is 0 Å². The smallest absolute Gasteiger partial charge is 0.416 e. The Morgan fingerprint density at radius 2 is 1.67 bits per heavy atom. The molecule has 0 saturated carbocycles. The first-order valence-electron chi connectivity index (χ1n) is 7.78. The number of halogens is 3. The maximum absolute atomic E-state index is 12.7. The van der Waals surface area contributed by atoms with Crippen molar-refractivity contribution in [1.82, 2.24) is 5.16 Å². The molecule has 0 bridgehead atoms. The monoisotopic (exact) mass is 357 g/mol. The fourth-order valence-corrected chi connectivity index (χ4v) is 2.82. The van der Waals surface area contributed by atoms with E-state index < -0.39 is 20.8 Å². The van der Waals surface area contributed by atoms with Crippen molar-refractivity contribution in [2.75, 3.05) is 0 Å². The quantitative estimate of drug-likeness (QED) is 0.709. The van der Waals surface area contributed by atoms with Crippen LogP contribution in [0.4, 0.5) is 13.2 Å². The number of hydrogen-bond acceptors (Lipinski definition) is 3. The molecule has 132 valence electrons. The number of rotatable bonds is 4. The topological polar surface area (TPSA) is 35.3 Å². The molecular weight excluding hydrogens is 335 g/mol. The molecule has 0 atom stereocenters. The Kier molecular flexibility index (Phi) is 5.24. The molecule has 1 heterocycles. The number of alkyl halides is 3. The van der Waals surface area contributed by atoms with E-state index >= 15 is 0 Å². The summed E-state index contributed by atoms with van der Waals surface area (Å²) in [6.07, 6.45) is -4.36. The maximum atomic E-state index is 12.7. The normalized spacial score (nSPS) is 12.9. The molecule has 3 nitrogen and oxygen atoms in total. The zero-order chi connectivity index (χ0) is 18.1. The zero-order valence-corrected chi connectivity index (χ0v) is 15.6. The Morgan fingerprint density at radius 3 is 2.12 bits per heavy atom. The van der Waals surface area contributed by atoms with Gasteiger partial charge in [-0.3, -0.25) is 0 Å². The van der Waals surface area contributed by atoms with E-state index in [9.17, 15) is 13.2 Å². The Bertz CT molecular complexity index is 685. The molecule has 0 spiro atoms. The van der Waals surface area contributed by atoms with Crippen molar-refractivity contribution in [3.8, 4) is 11.3 Å². The van der Waals surface area contributed by atoms with E-state index in [-0.39, 0.29) is 5.41 Å². The summed E-state index contributed by atoms with van der Waals surface area (Å²) in [5.74, 6) is 0.475. The predicted octanol–water partition coefficient (Wildman–Crippen LogP) is 5.16. The summed E-state index contributed by atoms with van der Waals surface area (Å²) in [5.41, 5.74) is 1.21. The Balaban J connectivity index is 2.44. The third-order valence-electron chi connectivity index (χ3n) is 3.53. The molecule has 24 heavy (non-hydrogen) atoms.